The first-order chi connectivity index (χ1) is 10.2. The number of hydrogen-bond donors (Lipinski definition) is 1. The zero-order chi connectivity index (χ0) is 14.7. The van der Waals surface area contributed by atoms with E-state index in [1.54, 1.807) is 0 Å². The molecule has 3 rings (SSSR count). The summed E-state index contributed by atoms with van der Waals surface area (Å²) in [5.41, 5.74) is 0.824. The third kappa shape index (κ3) is 3.77. The van der Waals surface area contributed by atoms with Crippen LogP contribution in [0.5, 0.6) is 0 Å². The Morgan fingerprint density at radius 3 is 3.00 bits per heavy atom. The molecule has 2 heterocycles. The van der Waals surface area contributed by atoms with Gasteiger partial charge in [-0.2, -0.15) is 0 Å². The lowest BCUT2D eigenvalue weighted by molar-refractivity contribution is -0.145. The molecule has 21 heavy (non-hydrogen) atoms. The molecule has 0 unspecified atom stereocenters. The number of rotatable bonds is 3. The van der Waals surface area contributed by atoms with Crippen molar-refractivity contribution in [1.29, 1.82) is 0 Å². The normalized spacial score (nSPS) is 27.7. The lowest BCUT2D eigenvalue weighted by atomic mass is 10.1. The van der Waals surface area contributed by atoms with Gasteiger partial charge in [0.05, 0.1) is 6.04 Å². The zero-order valence-electron chi connectivity index (χ0n) is 11.4. The maximum Gasteiger partial charge on any atom is 0.302 e. The van der Waals surface area contributed by atoms with Crippen molar-refractivity contribution in [1.82, 2.24) is 0 Å². The molecule has 1 saturated heterocycles. The molecule has 1 aromatic rings. The Balaban J connectivity index is 1.54. The Morgan fingerprint density at radius 2 is 2.24 bits per heavy atom. The number of benzene rings is 1. The second-order valence-corrected chi connectivity index (χ2v) is 5.66. The number of para-hydroxylation sites is 1. The average molecular weight is 302 g/mol. The largest absolute Gasteiger partial charge is 0.463 e. The summed E-state index contributed by atoms with van der Waals surface area (Å²) in [6.07, 6.45) is 5.61. The minimum atomic E-state index is -0.381. The van der Waals surface area contributed by atoms with Crippen LogP contribution in [-0.2, 0) is 14.3 Å². The molecule has 1 fully saturated rings. The standard InChI is InChI=1S/C15H14N2O3S/c1-10(18)19-9-12-7-8-13-14(20-12)21-15(17-13)16-11-5-3-2-4-6-11/h2-6,12-14H,9H2,1H3,(H,16,17)/t12-,13-,14-/m1/s1. The van der Waals surface area contributed by atoms with E-state index in [4.69, 9.17) is 9.47 Å². The average Bonchev–Trinajstić information content (AvgIpc) is 2.87. The highest BCUT2D eigenvalue weighted by Gasteiger charge is 2.38. The first kappa shape index (κ1) is 14.4. The zero-order valence-corrected chi connectivity index (χ0v) is 12.2. The summed E-state index contributed by atoms with van der Waals surface area (Å²) in [5.74, 6) is -0.329. The SMILES string of the molecule is CC(=O)OC[C@H]1[C][C][C@H]2N=C(Nc3ccccc3)S[C@H]2O1. The third-order valence-corrected chi connectivity index (χ3v) is 3.93. The molecule has 0 amide bonds. The minimum Gasteiger partial charge on any atom is -0.463 e. The van der Waals surface area contributed by atoms with Crippen LogP contribution in [0.25, 0.3) is 0 Å². The van der Waals surface area contributed by atoms with Crippen molar-refractivity contribution < 1.29 is 14.3 Å². The molecule has 2 aliphatic heterocycles. The third-order valence-electron chi connectivity index (χ3n) is 2.90. The molecule has 0 bridgehead atoms. The highest BCUT2D eigenvalue weighted by molar-refractivity contribution is 8.14. The number of nitrogens with zero attached hydrogens (tertiary/aromatic N) is 1. The Bertz CT molecular complexity index is 535. The maximum absolute atomic E-state index is 10.8. The van der Waals surface area contributed by atoms with E-state index in [2.05, 4.69) is 23.2 Å². The van der Waals surface area contributed by atoms with Crippen molar-refractivity contribution in [2.45, 2.75) is 24.5 Å². The van der Waals surface area contributed by atoms with Gasteiger partial charge in [-0.1, -0.05) is 30.0 Å². The molecule has 1 N–H and O–H groups in total. The first-order valence-corrected chi connectivity index (χ1v) is 7.45. The Kier molecular flexibility index (Phi) is 4.45. The number of amidine groups is 1. The van der Waals surface area contributed by atoms with Crippen LogP contribution in [0.2, 0.25) is 0 Å². The van der Waals surface area contributed by atoms with Crippen LogP contribution in [0.1, 0.15) is 6.92 Å². The lowest BCUT2D eigenvalue weighted by Gasteiger charge is -2.28. The van der Waals surface area contributed by atoms with E-state index in [-0.39, 0.29) is 30.2 Å². The van der Waals surface area contributed by atoms with E-state index in [1.807, 2.05) is 30.3 Å². The molecular weight excluding hydrogens is 288 g/mol. The van der Waals surface area contributed by atoms with Gasteiger partial charge in [-0.25, -0.2) is 0 Å². The van der Waals surface area contributed by atoms with Gasteiger partial charge in [0, 0.05) is 25.5 Å². The molecule has 0 aliphatic carbocycles. The molecule has 108 valence electrons. The van der Waals surface area contributed by atoms with Gasteiger partial charge in [0.15, 0.2) is 5.17 Å². The second kappa shape index (κ2) is 6.49. The smallest absolute Gasteiger partial charge is 0.302 e. The fourth-order valence-corrected chi connectivity index (χ4v) is 2.97. The van der Waals surface area contributed by atoms with Crippen LogP contribution in [0, 0.1) is 12.8 Å². The van der Waals surface area contributed by atoms with Crippen LogP contribution in [-0.4, -0.2) is 35.3 Å². The summed E-state index contributed by atoms with van der Waals surface area (Å²) in [6, 6.07) is 9.65. The van der Waals surface area contributed by atoms with E-state index < -0.39 is 0 Å². The van der Waals surface area contributed by atoms with E-state index in [9.17, 15) is 4.79 Å². The number of hydrogen-bond acceptors (Lipinski definition) is 6. The van der Waals surface area contributed by atoms with Crippen LogP contribution < -0.4 is 5.32 Å². The molecule has 6 heteroatoms. The van der Waals surface area contributed by atoms with Crippen LogP contribution in [0.15, 0.2) is 35.3 Å². The van der Waals surface area contributed by atoms with E-state index in [0.717, 1.165) is 10.9 Å². The summed E-state index contributed by atoms with van der Waals surface area (Å²) in [4.78, 5) is 15.3. The molecule has 2 aliphatic rings. The summed E-state index contributed by atoms with van der Waals surface area (Å²) < 4.78 is 10.7. The fraction of sp³-hybridized carbons (Fsp3) is 0.333. The van der Waals surface area contributed by atoms with Crippen molar-refractivity contribution in [2.75, 3.05) is 11.9 Å². The molecule has 5 nitrogen and oxygen atoms in total. The van der Waals surface area contributed by atoms with E-state index in [1.165, 1.54) is 18.7 Å². The topological polar surface area (TPSA) is 59.9 Å². The maximum atomic E-state index is 10.8. The Labute approximate surface area is 128 Å². The van der Waals surface area contributed by atoms with Crippen LogP contribution in [0.4, 0.5) is 5.69 Å². The predicted molar refractivity (Wildman–Crippen MR) is 80.7 cm³/mol. The fourth-order valence-electron chi connectivity index (χ4n) is 1.95. The first-order valence-electron chi connectivity index (χ1n) is 6.57. The number of carbonyl (C=O) groups is 1. The number of ether oxygens (including phenoxy) is 2. The van der Waals surface area contributed by atoms with Gasteiger partial charge in [0.25, 0.3) is 0 Å². The van der Waals surface area contributed by atoms with Gasteiger partial charge >= 0.3 is 5.97 Å². The molecule has 1 aromatic carbocycles. The molecule has 0 spiro atoms. The van der Waals surface area contributed by atoms with Gasteiger partial charge in [-0.3, -0.25) is 9.79 Å². The van der Waals surface area contributed by atoms with Gasteiger partial charge < -0.3 is 14.8 Å². The number of aliphatic imine (C=N–C) groups is 1. The summed E-state index contributed by atoms with van der Waals surface area (Å²) in [7, 11) is 0. The summed E-state index contributed by atoms with van der Waals surface area (Å²) >= 11 is 1.50. The minimum absolute atomic E-state index is 0.155. The highest BCUT2D eigenvalue weighted by Crippen LogP contribution is 2.35. The molecule has 3 atom stereocenters. The van der Waals surface area contributed by atoms with E-state index >= 15 is 0 Å². The van der Waals surface area contributed by atoms with Gasteiger partial charge in [0.2, 0.25) is 0 Å². The predicted octanol–water partition coefficient (Wildman–Crippen LogP) is 2.02. The summed E-state index contributed by atoms with van der Waals surface area (Å²) in [5, 5.41) is 4.03. The van der Waals surface area contributed by atoms with Crippen LogP contribution in [0.3, 0.4) is 0 Å². The number of nitrogens with one attached hydrogen (secondary N) is 1. The van der Waals surface area contributed by atoms with Gasteiger partial charge in [-0.15, -0.1) is 0 Å². The van der Waals surface area contributed by atoms with Gasteiger partial charge in [0.1, 0.15) is 18.1 Å². The Morgan fingerprint density at radius 1 is 1.43 bits per heavy atom. The van der Waals surface area contributed by atoms with E-state index in [0.29, 0.717) is 0 Å². The number of thioether (sulfide) groups is 1. The van der Waals surface area contributed by atoms with Crippen molar-refractivity contribution >= 4 is 28.6 Å². The van der Waals surface area contributed by atoms with Crippen molar-refractivity contribution in [3.8, 4) is 0 Å². The Hall–Kier alpha value is -1.53. The number of carbonyl (C=O) groups excluding carboxylic acids is 1. The van der Waals surface area contributed by atoms with Crippen molar-refractivity contribution in [2.24, 2.45) is 4.99 Å². The highest BCUT2D eigenvalue weighted by atomic mass is 32.2. The summed E-state index contributed by atoms with van der Waals surface area (Å²) in [6.45, 7) is 1.53. The monoisotopic (exact) mass is 302 g/mol. The van der Waals surface area contributed by atoms with Gasteiger partial charge in [-0.05, 0) is 12.1 Å². The number of anilines is 1. The molecule has 0 aromatic heterocycles. The molecule has 4 radical (unpaired) electrons. The van der Waals surface area contributed by atoms with Crippen molar-refractivity contribution in [3.05, 3.63) is 43.2 Å². The number of fused-ring (bicyclic) bond motifs is 1. The molecular formula is C15H14N2O3S. The lowest BCUT2D eigenvalue weighted by Crippen LogP contribution is -2.37. The molecule has 0 saturated carbocycles. The van der Waals surface area contributed by atoms with Crippen molar-refractivity contribution in [3.63, 3.8) is 0 Å². The quantitative estimate of drug-likeness (QED) is 0.866. The number of esters is 1. The van der Waals surface area contributed by atoms with Crippen LogP contribution >= 0.6 is 11.8 Å². The second-order valence-electron chi connectivity index (χ2n) is 4.57.